The van der Waals surface area contributed by atoms with Crippen molar-refractivity contribution < 1.29 is 5.11 Å². The highest BCUT2D eigenvalue weighted by molar-refractivity contribution is 9.10. The molecule has 3 N–H and O–H groups in total. The third-order valence-corrected chi connectivity index (χ3v) is 5.86. The number of aromatic hydroxyl groups is 1. The predicted octanol–water partition coefficient (Wildman–Crippen LogP) is 3.80. The molecule has 0 heterocycles. The average molecular weight is 324 g/mol. The molecule has 1 saturated carbocycles. The van der Waals surface area contributed by atoms with Crippen molar-refractivity contribution in [3.8, 4) is 5.75 Å². The third-order valence-electron chi connectivity index (χ3n) is 5.00. The van der Waals surface area contributed by atoms with Crippen LogP contribution in [0.1, 0.15) is 55.7 Å². The van der Waals surface area contributed by atoms with Crippen molar-refractivity contribution in [3.05, 3.63) is 27.2 Å². The maximum absolute atomic E-state index is 10.6. The molecule has 104 valence electrons. The molecule has 2 aliphatic carbocycles. The molecular weight excluding hydrogens is 302 g/mol. The molecule has 0 aliphatic heterocycles. The van der Waals surface area contributed by atoms with E-state index < -0.39 is 0 Å². The third kappa shape index (κ3) is 2.11. The Balaban J connectivity index is 2.12. The molecule has 1 atom stereocenters. The highest BCUT2D eigenvalue weighted by Crippen LogP contribution is 2.55. The Morgan fingerprint density at radius 3 is 2.58 bits per heavy atom. The number of phenolic OH excluding ortho intramolecular Hbond substituents is 1. The molecule has 3 rings (SSSR count). The first kappa shape index (κ1) is 13.4. The molecule has 0 aromatic heterocycles. The molecule has 2 aliphatic rings. The van der Waals surface area contributed by atoms with E-state index in [1.54, 1.807) is 0 Å². The topological polar surface area (TPSA) is 46.2 Å². The summed E-state index contributed by atoms with van der Waals surface area (Å²) in [6.45, 7) is 2.06. The summed E-state index contributed by atoms with van der Waals surface area (Å²) in [6, 6.07) is 2.35. The van der Waals surface area contributed by atoms with Crippen LogP contribution in [0.25, 0.3) is 0 Å². The highest BCUT2D eigenvalue weighted by atomic mass is 79.9. The Labute approximate surface area is 123 Å². The number of nitrogens with two attached hydrogens (primary N) is 1. The van der Waals surface area contributed by atoms with Gasteiger partial charge < -0.3 is 10.8 Å². The van der Waals surface area contributed by atoms with Gasteiger partial charge in [0.25, 0.3) is 0 Å². The summed E-state index contributed by atoms with van der Waals surface area (Å²) in [5.41, 5.74) is 10.0. The lowest BCUT2D eigenvalue weighted by Gasteiger charge is -2.24. The van der Waals surface area contributed by atoms with Crippen LogP contribution < -0.4 is 5.73 Å². The van der Waals surface area contributed by atoms with Gasteiger partial charge >= 0.3 is 0 Å². The van der Waals surface area contributed by atoms with E-state index in [2.05, 4.69) is 28.9 Å². The zero-order chi connectivity index (χ0) is 13.6. The van der Waals surface area contributed by atoms with Crippen LogP contribution in [-0.2, 0) is 18.3 Å². The quantitative estimate of drug-likeness (QED) is 0.813. The van der Waals surface area contributed by atoms with Crippen molar-refractivity contribution in [1.29, 1.82) is 0 Å². The fourth-order valence-corrected chi connectivity index (χ4v) is 4.17. The number of hydrogen-bond acceptors (Lipinski definition) is 2. The summed E-state index contributed by atoms with van der Waals surface area (Å²) >= 11 is 3.63. The first-order valence-electron chi connectivity index (χ1n) is 7.35. The van der Waals surface area contributed by atoms with E-state index in [0.29, 0.717) is 5.75 Å². The van der Waals surface area contributed by atoms with Crippen molar-refractivity contribution in [2.24, 2.45) is 5.73 Å². The number of benzene rings is 1. The van der Waals surface area contributed by atoms with Crippen LogP contribution in [0.4, 0.5) is 0 Å². The van der Waals surface area contributed by atoms with Gasteiger partial charge in [-0.1, -0.05) is 12.5 Å². The van der Waals surface area contributed by atoms with Gasteiger partial charge in [-0.3, -0.25) is 0 Å². The molecule has 0 bridgehead atoms. The Hall–Kier alpha value is -0.540. The normalized spacial score (nSPS) is 22.5. The summed E-state index contributed by atoms with van der Waals surface area (Å²) in [7, 11) is 0. The summed E-state index contributed by atoms with van der Waals surface area (Å²) < 4.78 is 0.925. The monoisotopic (exact) mass is 323 g/mol. The van der Waals surface area contributed by atoms with Gasteiger partial charge in [-0.2, -0.15) is 0 Å². The fourth-order valence-electron chi connectivity index (χ4n) is 3.50. The summed E-state index contributed by atoms with van der Waals surface area (Å²) in [6.07, 6.45) is 8.19. The summed E-state index contributed by atoms with van der Waals surface area (Å²) in [4.78, 5) is 0. The minimum absolute atomic E-state index is 0.0218. The smallest absolute Gasteiger partial charge is 0.133 e. The Kier molecular flexibility index (Phi) is 3.38. The first-order chi connectivity index (χ1) is 9.06. The van der Waals surface area contributed by atoms with Crippen LogP contribution in [0.15, 0.2) is 10.5 Å². The number of halogens is 1. The van der Waals surface area contributed by atoms with E-state index in [1.165, 1.54) is 30.4 Å². The van der Waals surface area contributed by atoms with Crippen LogP contribution in [0.5, 0.6) is 5.75 Å². The van der Waals surface area contributed by atoms with Gasteiger partial charge in [-0.15, -0.1) is 0 Å². The standard InChI is InChI=1S/C16H22BrNO/c1-10(18)16(7-8-16)13-9-11-5-3-2-4-6-12(11)14(17)15(13)19/h9-10,19H,2-8,18H2,1H3. The Morgan fingerprint density at radius 1 is 1.26 bits per heavy atom. The van der Waals surface area contributed by atoms with Gasteiger partial charge in [-0.25, -0.2) is 0 Å². The van der Waals surface area contributed by atoms with Gasteiger partial charge in [0.05, 0.1) is 4.47 Å². The molecule has 0 amide bonds. The van der Waals surface area contributed by atoms with E-state index in [1.807, 2.05) is 0 Å². The van der Waals surface area contributed by atoms with Crippen LogP contribution in [0, 0.1) is 0 Å². The second kappa shape index (κ2) is 4.78. The average Bonchev–Trinajstić information content (AvgIpc) is 3.17. The maximum atomic E-state index is 10.6. The number of hydrogen-bond donors (Lipinski definition) is 2. The van der Waals surface area contributed by atoms with Crippen LogP contribution in [0.3, 0.4) is 0 Å². The molecule has 1 aromatic rings. The molecular formula is C16H22BrNO. The van der Waals surface area contributed by atoms with Gasteiger partial charge in [0.2, 0.25) is 0 Å². The molecule has 0 spiro atoms. The van der Waals surface area contributed by atoms with Crippen molar-refractivity contribution in [2.45, 2.75) is 63.3 Å². The van der Waals surface area contributed by atoms with Crippen molar-refractivity contribution in [2.75, 3.05) is 0 Å². The van der Waals surface area contributed by atoms with Gasteiger partial charge in [0.1, 0.15) is 5.75 Å². The van der Waals surface area contributed by atoms with E-state index in [9.17, 15) is 5.11 Å². The second-order valence-corrected chi connectivity index (χ2v) is 7.02. The molecule has 3 heteroatoms. The van der Waals surface area contributed by atoms with Gasteiger partial charge in [-0.05, 0) is 72.5 Å². The molecule has 1 unspecified atom stereocenters. The van der Waals surface area contributed by atoms with Gasteiger partial charge in [0.15, 0.2) is 0 Å². The molecule has 1 fully saturated rings. The van der Waals surface area contributed by atoms with Gasteiger partial charge in [0, 0.05) is 17.0 Å². The molecule has 0 radical (unpaired) electrons. The Bertz CT molecular complexity index is 506. The molecule has 19 heavy (non-hydrogen) atoms. The highest BCUT2D eigenvalue weighted by Gasteiger charge is 2.49. The Morgan fingerprint density at radius 2 is 1.95 bits per heavy atom. The van der Waals surface area contributed by atoms with Crippen molar-refractivity contribution in [1.82, 2.24) is 0 Å². The predicted molar refractivity (Wildman–Crippen MR) is 81.6 cm³/mol. The minimum Gasteiger partial charge on any atom is -0.506 e. The van der Waals surface area contributed by atoms with Crippen LogP contribution in [0.2, 0.25) is 0 Å². The number of phenols is 1. The van der Waals surface area contributed by atoms with Crippen molar-refractivity contribution in [3.63, 3.8) is 0 Å². The number of rotatable bonds is 2. The molecule has 2 nitrogen and oxygen atoms in total. The van der Waals surface area contributed by atoms with Crippen LogP contribution in [-0.4, -0.2) is 11.1 Å². The number of aryl methyl sites for hydroxylation is 1. The minimum atomic E-state index is 0.0218. The zero-order valence-corrected chi connectivity index (χ0v) is 13.1. The van der Waals surface area contributed by atoms with E-state index >= 15 is 0 Å². The van der Waals surface area contributed by atoms with E-state index in [0.717, 1.165) is 35.7 Å². The fraction of sp³-hybridized carbons (Fsp3) is 0.625. The largest absolute Gasteiger partial charge is 0.506 e. The lowest BCUT2D eigenvalue weighted by atomic mass is 9.85. The number of fused-ring (bicyclic) bond motifs is 1. The SMILES string of the molecule is CC(N)C1(c2cc3c(c(Br)c2O)CCCCC3)CC1. The first-order valence-corrected chi connectivity index (χ1v) is 8.15. The van der Waals surface area contributed by atoms with E-state index in [-0.39, 0.29) is 11.5 Å². The zero-order valence-electron chi connectivity index (χ0n) is 11.5. The van der Waals surface area contributed by atoms with Crippen LogP contribution >= 0.6 is 15.9 Å². The molecule has 0 saturated heterocycles. The van der Waals surface area contributed by atoms with Crippen molar-refractivity contribution >= 4 is 15.9 Å². The second-order valence-electron chi connectivity index (χ2n) is 6.23. The molecule has 1 aromatic carbocycles. The lowest BCUT2D eigenvalue weighted by molar-refractivity contribution is 0.442. The lowest BCUT2D eigenvalue weighted by Crippen LogP contribution is -2.31. The summed E-state index contributed by atoms with van der Waals surface area (Å²) in [5.74, 6) is 0.440. The van der Waals surface area contributed by atoms with E-state index in [4.69, 9.17) is 5.73 Å². The summed E-state index contributed by atoms with van der Waals surface area (Å²) in [5, 5.41) is 10.6. The maximum Gasteiger partial charge on any atom is 0.133 e.